The number of nitrogens with zero attached hydrogens (tertiary/aromatic N) is 2. The quantitative estimate of drug-likeness (QED) is 0.237. The Labute approximate surface area is 241 Å². The van der Waals surface area contributed by atoms with Crippen molar-refractivity contribution in [3.05, 3.63) is 115 Å². The lowest BCUT2D eigenvalue weighted by Gasteiger charge is -2.26. The standard InChI is InChI=1S/C29H24ClF3N2O5S/c1-4-13-39-20-12-9-18(21(16-20)40-14-5-2)15-22-26(36)35-24(17-7-10-19(30)11-8-17)23(27(37)38-6-3)25(29(31,32)33)34-28(35)41-22/h4-5,7-12,15-16,24H,1-2,6,13-14H2,3H3/b22-15+/t24-/m1/s1. The highest BCUT2D eigenvalue weighted by atomic mass is 35.5. The van der Waals surface area contributed by atoms with Crippen molar-refractivity contribution in [2.75, 3.05) is 19.8 Å². The van der Waals surface area contributed by atoms with E-state index in [4.69, 9.17) is 25.8 Å². The summed E-state index contributed by atoms with van der Waals surface area (Å²) >= 11 is 6.76. The Morgan fingerprint density at radius 2 is 1.80 bits per heavy atom. The summed E-state index contributed by atoms with van der Waals surface area (Å²) in [4.78, 5) is 30.3. The molecule has 0 spiro atoms. The van der Waals surface area contributed by atoms with Gasteiger partial charge in [-0.3, -0.25) is 9.36 Å². The zero-order chi connectivity index (χ0) is 29.7. The summed E-state index contributed by atoms with van der Waals surface area (Å²) in [6.45, 7) is 8.96. The van der Waals surface area contributed by atoms with Gasteiger partial charge in [-0.25, -0.2) is 9.79 Å². The van der Waals surface area contributed by atoms with E-state index in [1.807, 2.05) is 0 Å². The van der Waals surface area contributed by atoms with Gasteiger partial charge in [0.15, 0.2) is 10.5 Å². The lowest BCUT2D eigenvalue weighted by Crippen LogP contribution is -2.41. The fourth-order valence-corrected chi connectivity index (χ4v) is 5.21. The van der Waals surface area contributed by atoms with E-state index in [1.54, 1.807) is 24.3 Å². The van der Waals surface area contributed by atoms with Gasteiger partial charge in [-0.1, -0.05) is 60.4 Å². The van der Waals surface area contributed by atoms with Crippen LogP contribution in [-0.2, 0) is 9.53 Å². The summed E-state index contributed by atoms with van der Waals surface area (Å²) in [6.07, 6.45) is -0.402. The number of carbonyl (C=O) groups is 1. The van der Waals surface area contributed by atoms with Crippen molar-refractivity contribution in [2.45, 2.75) is 19.1 Å². The Morgan fingerprint density at radius 1 is 1.12 bits per heavy atom. The average Bonchev–Trinajstić information content (AvgIpc) is 3.25. The number of esters is 1. The molecule has 7 nitrogen and oxygen atoms in total. The molecule has 0 N–H and O–H groups in total. The van der Waals surface area contributed by atoms with Crippen molar-refractivity contribution >= 4 is 35.0 Å². The second-order valence-electron chi connectivity index (χ2n) is 8.51. The molecule has 0 fully saturated rings. The van der Waals surface area contributed by atoms with E-state index in [2.05, 4.69) is 18.2 Å². The van der Waals surface area contributed by atoms with Gasteiger partial charge in [0.1, 0.15) is 24.7 Å². The van der Waals surface area contributed by atoms with Gasteiger partial charge in [0, 0.05) is 16.7 Å². The molecule has 214 valence electrons. The third-order valence-electron chi connectivity index (χ3n) is 5.78. The third kappa shape index (κ3) is 6.47. The largest absolute Gasteiger partial charge is 0.489 e. The molecule has 41 heavy (non-hydrogen) atoms. The first kappa shape index (κ1) is 29.9. The van der Waals surface area contributed by atoms with Crippen LogP contribution in [0.25, 0.3) is 6.08 Å². The highest BCUT2D eigenvalue weighted by molar-refractivity contribution is 7.07. The Balaban J connectivity index is 1.98. The van der Waals surface area contributed by atoms with E-state index in [0.717, 1.165) is 15.9 Å². The maximum Gasteiger partial charge on any atom is 0.434 e. The average molecular weight is 605 g/mol. The summed E-state index contributed by atoms with van der Waals surface area (Å²) in [7, 11) is 0. The number of hydrogen-bond acceptors (Lipinski definition) is 7. The van der Waals surface area contributed by atoms with E-state index in [0.29, 0.717) is 22.1 Å². The normalized spacial score (nSPS) is 15.1. The van der Waals surface area contributed by atoms with Crippen molar-refractivity contribution in [3.8, 4) is 11.5 Å². The lowest BCUT2D eigenvalue weighted by atomic mass is 9.95. The van der Waals surface area contributed by atoms with Gasteiger partial charge in [-0.2, -0.15) is 13.2 Å². The maximum atomic E-state index is 14.3. The van der Waals surface area contributed by atoms with Crippen LogP contribution >= 0.6 is 22.9 Å². The lowest BCUT2D eigenvalue weighted by molar-refractivity contribution is -0.140. The first-order chi connectivity index (χ1) is 19.6. The molecule has 0 saturated carbocycles. The number of allylic oxidation sites excluding steroid dienone is 1. The fourth-order valence-electron chi connectivity index (χ4n) is 4.09. The Kier molecular flexibility index (Phi) is 9.19. The molecule has 0 radical (unpaired) electrons. The van der Waals surface area contributed by atoms with Crippen LogP contribution in [0.1, 0.15) is 24.1 Å². The molecule has 0 aliphatic carbocycles. The van der Waals surface area contributed by atoms with Crippen molar-refractivity contribution < 1.29 is 32.2 Å². The molecule has 3 aromatic rings. The van der Waals surface area contributed by atoms with Gasteiger partial charge in [-0.15, -0.1) is 0 Å². The molecule has 0 bridgehead atoms. The number of fused-ring (bicyclic) bond motifs is 1. The molecule has 1 atom stereocenters. The minimum absolute atomic E-state index is 0.0672. The van der Waals surface area contributed by atoms with Gasteiger partial charge >= 0.3 is 12.1 Å². The van der Waals surface area contributed by atoms with Crippen molar-refractivity contribution in [3.63, 3.8) is 0 Å². The van der Waals surface area contributed by atoms with Gasteiger partial charge in [0.05, 0.1) is 22.8 Å². The first-order valence-electron chi connectivity index (χ1n) is 12.3. The van der Waals surface area contributed by atoms with E-state index in [1.165, 1.54) is 43.3 Å². The smallest absolute Gasteiger partial charge is 0.434 e. The molecule has 1 aromatic heterocycles. The number of benzene rings is 2. The number of ether oxygens (including phenoxy) is 3. The van der Waals surface area contributed by atoms with Crippen molar-refractivity contribution in [2.24, 2.45) is 4.99 Å². The second kappa shape index (κ2) is 12.6. The number of thiazole rings is 1. The van der Waals surface area contributed by atoms with E-state index < -0.39 is 35.0 Å². The Bertz CT molecular complexity index is 1690. The molecular weight excluding hydrogens is 581 g/mol. The maximum absolute atomic E-state index is 14.3. The Hall–Kier alpha value is -4.09. The fraction of sp³-hybridized carbons (Fsp3) is 0.207. The molecule has 0 unspecified atom stereocenters. The topological polar surface area (TPSA) is 79.1 Å². The van der Waals surface area contributed by atoms with Crippen LogP contribution in [0.5, 0.6) is 11.5 Å². The number of aromatic nitrogens is 1. The van der Waals surface area contributed by atoms with Crippen LogP contribution < -0.4 is 24.4 Å². The molecule has 0 amide bonds. The van der Waals surface area contributed by atoms with E-state index in [-0.39, 0.29) is 34.7 Å². The minimum Gasteiger partial charge on any atom is -0.489 e. The zero-order valence-corrected chi connectivity index (χ0v) is 23.3. The summed E-state index contributed by atoms with van der Waals surface area (Å²) in [5.41, 5.74) is -2.19. The molecule has 0 saturated heterocycles. The van der Waals surface area contributed by atoms with Gasteiger partial charge in [0.2, 0.25) is 0 Å². The highest BCUT2D eigenvalue weighted by Crippen LogP contribution is 2.38. The molecule has 1 aliphatic heterocycles. The van der Waals surface area contributed by atoms with Crippen LogP contribution in [0.15, 0.2) is 88.8 Å². The second-order valence-corrected chi connectivity index (χ2v) is 9.96. The SMILES string of the molecule is C=CCOc1ccc(/C=c2/sc3n(c2=O)[C@H](c2ccc(Cl)cc2)C(C(=O)OCC)=C(C(F)(F)F)N=3)c(OCC=C)c1. The highest BCUT2D eigenvalue weighted by Gasteiger charge is 2.45. The molecule has 12 heteroatoms. The van der Waals surface area contributed by atoms with Gasteiger partial charge < -0.3 is 14.2 Å². The van der Waals surface area contributed by atoms with Crippen LogP contribution in [0.2, 0.25) is 5.02 Å². The van der Waals surface area contributed by atoms with Crippen molar-refractivity contribution in [1.29, 1.82) is 0 Å². The molecule has 2 aromatic carbocycles. The molecule has 4 rings (SSSR count). The number of carbonyl (C=O) groups excluding carboxylic acids is 1. The Morgan fingerprint density at radius 3 is 2.44 bits per heavy atom. The molecule has 2 heterocycles. The monoisotopic (exact) mass is 604 g/mol. The molecule has 1 aliphatic rings. The van der Waals surface area contributed by atoms with Crippen LogP contribution in [0.3, 0.4) is 0 Å². The zero-order valence-electron chi connectivity index (χ0n) is 21.7. The van der Waals surface area contributed by atoms with E-state index >= 15 is 0 Å². The number of alkyl halides is 3. The number of halogens is 4. The van der Waals surface area contributed by atoms with Gasteiger partial charge in [-0.05, 0) is 42.8 Å². The summed E-state index contributed by atoms with van der Waals surface area (Å²) < 4.78 is 60.3. The van der Waals surface area contributed by atoms with Crippen LogP contribution in [-0.4, -0.2) is 36.5 Å². The minimum atomic E-state index is -5.01. The number of rotatable bonds is 10. The predicted molar refractivity (Wildman–Crippen MR) is 150 cm³/mol. The van der Waals surface area contributed by atoms with Crippen LogP contribution in [0.4, 0.5) is 13.2 Å². The first-order valence-corrected chi connectivity index (χ1v) is 13.5. The summed E-state index contributed by atoms with van der Waals surface area (Å²) in [6, 6.07) is 9.28. The third-order valence-corrected chi connectivity index (χ3v) is 7.01. The summed E-state index contributed by atoms with van der Waals surface area (Å²) in [5.74, 6) is -0.387. The predicted octanol–water partition coefficient (Wildman–Crippen LogP) is 5.12. The van der Waals surface area contributed by atoms with Gasteiger partial charge in [0.25, 0.3) is 5.56 Å². The molecular formula is C29H24ClF3N2O5S. The van der Waals surface area contributed by atoms with E-state index in [9.17, 15) is 22.8 Å². The summed E-state index contributed by atoms with van der Waals surface area (Å²) in [5, 5.41) is 0.325. The number of hydrogen-bond donors (Lipinski definition) is 0. The van der Waals surface area contributed by atoms with Crippen molar-refractivity contribution in [1.82, 2.24) is 4.57 Å². The van der Waals surface area contributed by atoms with Crippen LogP contribution in [0, 0.1) is 0 Å².